The first-order valence-corrected chi connectivity index (χ1v) is 7.43. The molecule has 0 saturated heterocycles. The quantitative estimate of drug-likeness (QED) is 0.783. The number of rotatable bonds is 0. The molecule has 1 aliphatic heterocycles. The van der Waals surface area contributed by atoms with Crippen LogP contribution in [0, 0.1) is 5.92 Å². The fraction of sp³-hybridized carbons (Fsp3) is 0.438. The van der Waals surface area contributed by atoms with Gasteiger partial charge in [0.05, 0.1) is 17.6 Å². The fourth-order valence-electron chi connectivity index (χ4n) is 2.78. The molecule has 126 valence electrons. The van der Waals surface area contributed by atoms with E-state index in [0.717, 1.165) is 48.3 Å². The summed E-state index contributed by atoms with van der Waals surface area (Å²) < 4.78 is 1.80. The Labute approximate surface area is 148 Å². The minimum atomic E-state index is 0. The van der Waals surface area contributed by atoms with Gasteiger partial charge in [0.1, 0.15) is 0 Å². The maximum Gasteiger partial charge on any atom is 0.227 e. The largest absolute Gasteiger partial charge is 0.323 e. The van der Waals surface area contributed by atoms with Gasteiger partial charge in [-0.15, -0.1) is 24.8 Å². The summed E-state index contributed by atoms with van der Waals surface area (Å²) in [5.41, 5.74) is 3.84. The van der Waals surface area contributed by atoms with E-state index in [-0.39, 0.29) is 36.6 Å². The van der Waals surface area contributed by atoms with Crippen LogP contribution in [-0.2, 0) is 18.3 Å². The van der Waals surface area contributed by atoms with Crippen molar-refractivity contribution in [2.45, 2.75) is 32.6 Å². The monoisotopic (exact) mass is 356 g/mol. The lowest BCUT2D eigenvalue weighted by atomic mass is 10.00. The van der Waals surface area contributed by atoms with Gasteiger partial charge in [0.15, 0.2) is 0 Å². The summed E-state index contributed by atoms with van der Waals surface area (Å²) in [6.07, 6.45) is 7.51. The number of amides is 1. The van der Waals surface area contributed by atoms with Gasteiger partial charge < -0.3 is 5.32 Å². The van der Waals surface area contributed by atoms with E-state index in [9.17, 15) is 4.79 Å². The van der Waals surface area contributed by atoms with Crippen molar-refractivity contribution in [3.63, 3.8) is 0 Å². The molecule has 1 unspecified atom stereocenters. The highest BCUT2D eigenvalue weighted by atomic mass is 35.5. The number of nitrogens with zero attached hydrogens (tertiary/aromatic N) is 3. The average Bonchev–Trinajstić information content (AvgIpc) is 2.83. The molecular formula is C16H22Cl2N4O. The van der Waals surface area contributed by atoms with Crippen molar-refractivity contribution < 1.29 is 4.79 Å². The number of halogens is 2. The Hall–Kier alpha value is -1.59. The second kappa shape index (κ2) is 8.31. The third kappa shape index (κ3) is 4.24. The highest BCUT2D eigenvalue weighted by molar-refractivity contribution is 5.95. The number of anilines is 1. The predicted octanol–water partition coefficient (Wildman–Crippen LogP) is 3.63. The van der Waals surface area contributed by atoms with Gasteiger partial charge >= 0.3 is 0 Å². The number of hydrogen-bond donors (Lipinski definition) is 1. The molecule has 0 spiro atoms. The second-order valence-electron chi connectivity index (χ2n) is 5.70. The average molecular weight is 357 g/mol. The van der Waals surface area contributed by atoms with Crippen molar-refractivity contribution in [2.75, 3.05) is 5.32 Å². The summed E-state index contributed by atoms with van der Waals surface area (Å²) in [6.45, 7) is 1.98. The molecule has 3 rings (SSSR count). The Kier molecular flexibility index (Phi) is 7.03. The van der Waals surface area contributed by atoms with Crippen LogP contribution in [0.4, 0.5) is 5.69 Å². The van der Waals surface area contributed by atoms with Crippen molar-refractivity contribution in [3.8, 4) is 11.3 Å². The molecule has 1 atom stereocenters. The van der Waals surface area contributed by atoms with Gasteiger partial charge in [0, 0.05) is 30.4 Å². The molecule has 0 radical (unpaired) electrons. The maximum atomic E-state index is 12.3. The van der Waals surface area contributed by atoms with E-state index in [0.29, 0.717) is 0 Å². The molecule has 2 aromatic heterocycles. The molecule has 23 heavy (non-hydrogen) atoms. The van der Waals surface area contributed by atoms with Crippen LogP contribution >= 0.6 is 24.8 Å². The summed E-state index contributed by atoms with van der Waals surface area (Å²) in [5.74, 6) is 0.0860. The molecule has 3 heterocycles. The third-order valence-corrected chi connectivity index (χ3v) is 4.05. The van der Waals surface area contributed by atoms with E-state index >= 15 is 0 Å². The van der Waals surface area contributed by atoms with E-state index in [2.05, 4.69) is 21.5 Å². The number of pyridine rings is 1. The van der Waals surface area contributed by atoms with Gasteiger partial charge in [-0.25, -0.2) is 0 Å². The van der Waals surface area contributed by atoms with E-state index in [4.69, 9.17) is 0 Å². The van der Waals surface area contributed by atoms with Crippen LogP contribution in [0.5, 0.6) is 0 Å². The third-order valence-electron chi connectivity index (χ3n) is 4.05. The predicted molar refractivity (Wildman–Crippen MR) is 96.3 cm³/mol. The number of fused-ring (bicyclic) bond motifs is 4. The minimum Gasteiger partial charge on any atom is -0.323 e. The first kappa shape index (κ1) is 19.5. The maximum absolute atomic E-state index is 12.3. The van der Waals surface area contributed by atoms with Gasteiger partial charge in [-0.05, 0) is 31.4 Å². The molecular weight excluding hydrogens is 335 g/mol. The SMILES string of the molecule is CC1CCCCc2cc(ccn2)-c2c(cnn2C)NC1=O.Cl.Cl. The van der Waals surface area contributed by atoms with Gasteiger partial charge in [0.2, 0.25) is 5.91 Å². The summed E-state index contributed by atoms with van der Waals surface area (Å²) in [7, 11) is 1.89. The lowest BCUT2D eigenvalue weighted by Crippen LogP contribution is -2.20. The van der Waals surface area contributed by atoms with E-state index in [1.54, 1.807) is 10.9 Å². The molecule has 0 aliphatic carbocycles. The summed E-state index contributed by atoms with van der Waals surface area (Å²) in [6, 6.07) is 4.06. The van der Waals surface area contributed by atoms with E-state index < -0.39 is 0 Å². The molecule has 5 nitrogen and oxygen atoms in total. The van der Waals surface area contributed by atoms with Crippen LogP contribution in [0.2, 0.25) is 0 Å². The van der Waals surface area contributed by atoms with Crippen LogP contribution in [0.25, 0.3) is 11.3 Å². The first-order valence-electron chi connectivity index (χ1n) is 7.43. The molecule has 0 aromatic carbocycles. The van der Waals surface area contributed by atoms with Crippen molar-refractivity contribution in [1.29, 1.82) is 0 Å². The molecule has 2 aromatic rings. The lowest BCUT2D eigenvalue weighted by molar-refractivity contribution is -0.119. The van der Waals surface area contributed by atoms with Gasteiger partial charge in [-0.1, -0.05) is 13.3 Å². The summed E-state index contributed by atoms with van der Waals surface area (Å²) in [5, 5.41) is 7.30. The van der Waals surface area contributed by atoms with Crippen molar-refractivity contribution >= 4 is 36.4 Å². The normalized spacial score (nSPS) is 17.5. The highest BCUT2D eigenvalue weighted by Crippen LogP contribution is 2.29. The number of carbonyl (C=O) groups is 1. The molecule has 0 saturated carbocycles. The van der Waals surface area contributed by atoms with Crippen molar-refractivity contribution in [1.82, 2.24) is 14.8 Å². The smallest absolute Gasteiger partial charge is 0.227 e. The zero-order valence-corrected chi connectivity index (χ0v) is 14.9. The van der Waals surface area contributed by atoms with Gasteiger partial charge in [-0.2, -0.15) is 5.10 Å². The molecule has 1 N–H and O–H groups in total. The van der Waals surface area contributed by atoms with Crippen LogP contribution in [0.3, 0.4) is 0 Å². The second-order valence-corrected chi connectivity index (χ2v) is 5.70. The van der Waals surface area contributed by atoms with Gasteiger partial charge in [0.25, 0.3) is 0 Å². The number of aromatic nitrogens is 3. The van der Waals surface area contributed by atoms with Crippen LogP contribution in [0.15, 0.2) is 24.5 Å². The lowest BCUT2D eigenvalue weighted by Gasteiger charge is -2.14. The Balaban J connectivity index is 0.00000132. The van der Waals surface area contributed by atoms with E-state index in [1.165, 1.54) is 0 Å². The molecule has 7 heteroatoms. The molecule has 1 aliphatic rings. The zero-order chi connectivity index (χ0) is 14.8. The minimum absolute atomic E-state index is 0. The Morgan fingerprint density at radius 1 is 1.30 bits per heavy atom. The van der Waals surface area contributed by atoms with Gasteiger partial charge in [-0.3, -0.25) is 14.5 Å². The molecule has 0 fully saturated rings. The Bertz CT molecular complexity index is 672. The molecule has 2 bridgehead atoms. The summed E-state index contributed by atoms with van der Waals surface area (Å²) in [4.78, 5) is 16.7. The number of nitrogens with one attached hydrogen (secondary N) is 1. The first-order chi connectivity index (χ1) is 10.1. The fourth-order valence-corrected chi connectivity index (χ4v) is 2.78. The van der Waals surface area contributed by atoms with Crippen molar-refractivity contribution in [3.05, 3.63) is 30.2 Å². The number of hydrogen-bond acceptors (Lipinski definition) is 3. The standard InChI is InChI=1S/C16H20N4O.2ClH/c1-11-5-3-4-6-13-9-12(7-8-17-13)15-14(19-16(11)21)10-18-20(15)2;;/h7-11H,3-6H2,1-2H3,(H,19,21);2*1H. The molecule has 1 amide bonds. The topological polar surface area (TPSA) is 59.8 Å². The zero-order valence-electron chi connectivity index (χ0n) is 13.3. The Morgan fingerprint density at radius 2 is 2.09 bits per heavy atom. The number of carbonyl (C=O) groups excluding carboxylic acids is 1. The van der Waals surface area contributed by atoms with E-state index in [1.807, 2.05) is 26.2 Å². The highest BCUT2D eigenvalue weighted by Gasteiger charge is 2.18. The van der Waals surface area contributed by atoms with Crippen LogP contribution < -0.4 is 5.32 Å². The van der Waals surface area contributed by atoms with Crippen LogP contribution in [0.1, 0.15) is 31.9 Å². The van der Waals surface area contributed by atoms with Crippen LogP contribution in [-0.4, -0.2) is 20.7 Å². The summed E-state index contributed by atoms with van der Waals surface area (Å²) >= 11 is 0. The Morgan fingerprint density at radius 3 is 2.87 bits per heavy atom. The number of aryl methyl sites for hydroxylation is 2. The van der Waals surface area contributed by atoms with Crippen molar-refractivity contribution in [2.24, 2.45) is 13.0 Å².